The quantitative estimate of drug-likeness (QED) is 0.584. The second-order valence-electron chi connectivity index (χ2n) is 8.02. The summed E-state index contributed by atoms with van der Waals surface area (Å²) in [5.41, 5.74) is 2.83. The van der Waals surface area contributed by atoms with Crippen LogP contribution in [0.25, 0.3) is 10.8 Å². The molecule has 6 nitrogen and oxygen atoms in total. The first kappa shape index (κ1) is 21.6. The number of aryl methyl sites for hydroxylation is 1. The Hall–Kier alpha value is -3.67. The Balaban J connectivity index is 1.41. The Kier molecular flexibility index (Phi) is 6.50. The molecule has 0 radical (unpaired) electrons. The van der Waals surface area contributed by atoms with Crippen molar-refractivity contribution in [2.45, 2.75) is 19.3 Å². The summed E-state index contributed by atoms with van der Waals surface area (Å²) in [7, 11) is 1.35. The monoisotopic (exact) mass is 430 g/mol. The van der Waals surface area contributed by atoms with Gasteiger partial charge < -0.3 is 15.0 Å². The van der Waals surface area contributed by atoms with Gasteiger partial charge in [0.2, 0.25) is 11.8 Å². The fourth-order valence-electron chi connectivity index (χ4n) is 4.16. The van der Waals surface area contributed by atoms with Crippen LogP contribution < -0.4 is 10.2 Å². The standard InChI is InChI=1S/C26H26N2O4/c1-32-26(31)22(15-18-10-11-19-6-2-3-8-21(19)14-18)16-27-24(29)17-28-23-9-5-4-7-20(23)12-13-25(28)30/h2-11,14,22H,12-13,15-17H2,1H3,(H,27,29). The normalized spacial score (nSPS) is 14.0. The number of benzene rings is 3. The van der Waals surface area contributed by atoms with Gasteiger partial charge in [-0.3, -0.25) is 14.4 Å². The summed E-state index contributed by atoms with van der Waals surface area (Å²) in [5, 5.41) is 5.05. The lowest BCUT2D eigenvalue weighted by molar-refractivity contribution is -0.145. The fourth-order valence-corrected chi connectivity index (χ4v) is 4.16. The number of amides is 2. The first-order valence-electron chi connectivity index (χ1n) is 10.8. The van der Waals surface area contributed by atoms with E-state index < -0.39 is 5.92 Å². The Morgan fingerprint density at radius 1 is 1.00 bits per heavy atom. The number of esters is 1. The van der Waals surface area contributed by atoms with Crippen molar-refractivity contribution in [1.29, 1.82) is 0 Å². The van der Waals surface area contributed by atoms with Crippen molar-refractivity contribution in [2.24, 2.45) is 5.92 Å². The molecule has 6 heteroatoms. The molecule has 164 valence electrons. The van der Waals surface area contributed by atoms with Gasteiger partial charge in [0.05, 0.1) is 13.0 Å². The van der Waals surface area contributed by atoms with Crippen LogP contribution in [0, 0.1) is 5.92 Å². The molecule has 0 fully saturated rings. The van der Waals surface area contributed by atoms with E-state index >= 15 is 0 Å². The Labute approximate surface area is 187 Å². The molecule has 0 spiro atoms. The van der Waals surface area contributed by atoms with Gasteiger partial charge in [-0.25, -0.2) is 0 Å². The minimum atomic E-state index is -0.519. The molecule has 2 amide bonds. The van der Waals surface area contributed by atoms with E-state index in [1.165, 1.54) is 12.0 Å². The summed E-state index contributed by atoms with van der Waals surface area (Å²) in [4.78, 5) is 38.9. The van der Waals surface area contributed by atoms with Crippen LogP contribution in [0.1, 0.15) is 17.5 Å². The number of anilines is 1. The third-order valence-corrected chi connectivity index (χ3v) is 5.87. The number of hydrogen-bond donors (Lipinski definition) is 1. The van der Waals surface area contributed by atoms with Crippen LogP contribution in [-0.4, -0.2) is 38.0 Å². The third kappa shape index (κ3) is 4.80. The van der Waals surface area contributed by atoms with Crippen molar-refractivity contribution in [2.75, 3.05) is 25.1 Å². The molecule has 0 aliphatic carbocycles. The summed E-state index contributed by atoms with van der Waals surface area (Å²) in [6, 6.07) is 21.7. The molecule has 0 bridgehead atoms. The topological polar surface area (TPSA) is 75.7 Å². The average molecular weight is 431 g/mol. The molecule has 3 aromatic rings. The zero-order chi connectivity index (χ0) is 22.5. The number of hydrogen-bond acceptors (Lipinski definition) is 4. The van der Waals surface area contributed by atoms with Crippen molar-refractivity contribution in [3.8, 4) is 0 Å². The summed E-state index contributed by atoms with van der Waals surface area (Å²) in [5.74, 6) is -1.27. The second kappa shape index (κ2) is 9.64. The van der Waals surface area contributed by atoms with Crippen molar-refractivity contribution in [3.63, 3.8) is 0 Å². The maximum atomic E-state index is 12.7. The number of para-hydroxylation sites is 1. The highest BCUT2D eigenvalue weighted by Crippen LogP contribution is 2.27. The van der Waals surface area contributed by atoms with E-state index in [9.17, 15) is 14.4 Å². The Morgan fingerprint density at radius 2 is 1.75 bits per heavy atom. The highest BCUT2D eigenvalue weighted by Gasteiger charge is 2.26. The molecule has 0 aromatic heterocycles. The summed E-state index contributed by atoms with van der Waals surface area (Å²) >= 11 is 0. The van der Waals surface area contributed by atoms with E-state index in [1.54, 1.807) is 0 Å². The zero-order valence-corrected chi connectivity index (χ0v) is 18.0. The molecule has 1 atom stereocenters. The summed E-state index contributed by atoms with van der Waals surface area (Å²) < 4.78 is 4.96. The first-order chi connectivity index (χ1) is 15.5. The lowest BCUT2D eigenvalue weighted by atomic mass is 9.97. The molecular weight excluding hydrogens is 404 g/mol. The highest BCUT2D eigenvalue weighted by molar-refractivity contribution is 6.01. The van der Waals surface area contributed by atoms with E-state index in [2.05, 4.69) is 11.4 Å². The van der Waals surface area contributed by atoms with Crippen LogP contribution >= 0.6 is 0 Å². The number of fused-ring (bicyclic) bond motifs is 2. The number of ether oxygens (including phenoxy) is 1. The molecule has 1 aliphatic rings. The molecule has 1 N–H and O–H groups in total. The Bertz CT molecular complexity index is 1160. The van der Waals surface area contributed by atoms with Gasteiger partial charge in [0.25, 0.3) is 0 Å². The maximum Gasteiger partial charge on any atom is 0.310 e. The maximum absolute atomic E-state index is 12.7. The molecule has 32 heavy (non-hydrogen) atoms. The van der Waals surface area contributed by atoms with Crippen LogP contribution in [0.2, 0.25) is 0 Å². The SMILES string of the molecule is COC(=O)C(CNC(=O)CN1C(=O)CCc2ccccc21)Cc1ccc2ccccc2c1. The molecule has 4 rings (SSSR count). The van der Waals surface area contributed by atoms with Crippen LogP contribution in [0.4, 0.5) is 5.69 Å². The highest BCUT2D eigenvalue weighted by atomic mass is 16.5. The van der Waals surface area contributed by atoms with Crippen molar-refractivity contribution < 1.29 is 19.1 Å². The predicted molar refractivity (Wildman–Crippen MR) is 123 cm³/mol. The van der Waals surface area contributed by atoms with Gasteiger partial charge in [0, 0.05) is 18.7 Å². The van der Waals surface area contributed by atoms with E-state index in [0.29, 0.717) is 19.3 Å². The lowest BCUT2D eigenvalue weighted by Crippen LogP contribution is -2.44. The summed E-state index contributed by atoms with van der Waals surface area (Å²) in [6.07, 6.45) is 1.52. The van der Waals surface area contributed by atoms with Crippen molar-refractivity contribution >= 4 is 34.2 Å². The third-order valence-electron chi connectivity index (χ3n) is 5.87. The smallest absolute Gasteiger partial charge is 0.310 e. The first-order valence-corrected chi connectivity index (χ1v) is 10.8. The minimum absolute atomic E-state index is 0.0697. The van der Waals surface area contributed by atoms with Gasteiger partial charge in [0.15, 0.2) is 0 Å². The van der Waals surface area contributed by atoms with Crippen LogP contribution in [0.5, 0.6) is 0 Å². The molecule has 1 unspecified atom stereocenters. The number of rotatable bonds is 7. The minimum Gasteiger partial charge on any atom is -0.469 e. The van der Waals surface area contributed by atoms with Crippen LogP contribution in [0.15, 0.2) is 66.7 Å². The number of carbonyl (C=O) groups excluding carboxylic acids is 3. The van der Waals surface area contributed by atoms with Gasteiger partial charge in [-0.2, -0.15) is 0 Å². The summed E-state index contributed by atoms with van der Waals surface area (Å²) in [6.45, 7) is 0.0712. The largest absolute Gasteiger partial charge is 0.469 e. The number of nitrogens with one attached hydrogen (secondary N) is 1. The number of carbonyl (C=O) groups is 3. The molecule has 0 saturated heterocycles. The average Bonchev–Trinajstić information content (AvgIpc) is 2.83. The number of methoxy groups -OCH3 is 1. The van der Waals surface area contributed by atoms with E-state index in [1.807, 2.05) is 60.7 Å². The van der Waals surface area contributed by atoms with Gasteiger partial charge in [-0.05, 0) is 40.8 Å². The van der Waals surface area contributed by atoms with Gasteiger partial charge in [0.1, 0.15) is 6.54 Å². The zero-order valence-electron chi connectivity index (χ0n) is 18.0. The van der Waals surface area contributed by atoms with Crippen molar-refractivity contribution in [3.05, 3.63) is 77.9 Å². The fraction of sp³-hybridized carbons (Fsp3) is 0.269. The number of nitrogens with zero attached hydrogens (tertiary/aromatic N) is 1. The van der Waals surface area contributed by atoms with Crippen LogP contribution in [0.3, 0.4) is 0 Å². The van der Waals surface area contributed by atoms with Gasteiger partial charge >= 0.3 is 5.97 Å². The van der Waals surface area contributed by atoms with Gasteiger partial charge in [-0.1, -0.05) is 60.7 Å². The van der Waals surface area contributed by atoms with Crippen molar-refractivity contribution in [1.82, 2.24) is 5.32 Å². The van der Waals surface area contributed by atoms with E-state index in [0.717, 1.165) is 27.6 Å². The molecule has 0 saturated carbocycles. The van der Waals surface area contributed by atoms with Crippen LogP contribution in [-0.2, 0) is 32.0 Å². The second-order valence-corrected chi connectivity index (χ2v) is 8.02. The Morgan fingerprint density at radius 3 is 2.56 bits per heavy atom. The molecule has 1 heterocycles. The molecule has 1 aliphatic heterocycles. The molecular formula is C26H26N2O4. The van der Waals surface area contributed by atoms with E-state index in [-0.39, 0.29) is 30.9 Å². The van der Waals surface area contributed by atoms with Gasteiger partial charge in [-0.15, -0.1) is 0 Å². The lowest BCUT2D eigenvalue weighted by Gasteiger charge is -2.29. The predicted octanol–water partition coefficient (Wildman–Crippen LogP) is 3.27. The van der Waals surface area contributed by atoms with E-state index in [4.69, 9.17) is 4.74 Å². The molecule has 3 aromatic carbocycles.